The molecule has 32 heavy (non-hydrogen) atoms. The van der Waals surface area contributed by atoms with Crippen molar-refractivity contribution in [1.82, 2.24) is 19.7 Å². The van der Waals surface area contributed by atoms with Gasteiger partial charge in [-0.15, -0.1) is 11.3 Å². The van der Waals surface area contributed by atoms with Crippen LogP contribution in [0.2, 0.25) is 0 Å². The van der Waals surface area contributed by atoms with Crippen molar-refractivity contribution >= 4 is 34.3 Å². The minimum atomic E-state index is -0.263. The summed E-state index contributed by atoms with van der Waals surface area (Å²) in [5, 5.41) is 5.93. The number of hydrazone groups is 1. The SMILES string of the molecule is COc1cc(C=NNC(=O)Cc2cn3ccsc3n2)ccc1OCC(=O)N1CCOCC1. The molecule has 11 heteroatoms. The standard InChI is InChI=1S/C21H23N5O5S/c1-29-18-10-15(2-3-17(18)31-14-20(28)25-4-7-30-8-5-25)12-22-24-19(27)11-16-13-26-6-9-32-21(26)23-16/h2-3,6,9-10,12-13H,4-5,7-8,11,14H2,1H3,(H,24,27). The molecule has 0 saturated carbocycles. The number of rotatable bonds is 8. The lowest BCUT2D eigenvalue weighted by molar-refractivity contribution is -0.137. The number of hydrogen-bond acceptors (Lipinski definition) is 8. The molecule has 0 unspecified atom stereocenters. The Hall–Kier alpha value is -3.44. The quantitative estimate of drug-likeness (QED) is 0.404. The lowest BCUT2D eigenvalue weighted by atomic mass is 10.2. The Labute approximate surface area is 188 Å². The minimum Gasteiger partial charge on any atom is -0.493 e. The van der Waals surface area contributed by atoms with Gasteiger partial charge >= 0.3 is 0 Å². The molecule has 1 aliphatic rings. The number of imidazole rings is 1. The number of carbonyl (C=O) groups is 2. The van der Waals surface area contributed by atoms with Crippen LogP contribution in [0.5, 0.6) is 11.5 Å². The average Bonchev–Trinajstić information content (AvgIpc) is 3.40. The second kappa shape index (κ2) is 10.2. The van der Waals surface area contributed by atoms with Crippen molar-refractivity contribution in [1.29, 1.82) is 0 Å². The molecule has 168 valence electrons. The first-order valence-electron chi connectivity index (χ1n) is 10.0. The van der Waals surface area contributed by atoms with Crippen LogP contribution in [0, 0.1) is 0 Å². The molecule has 0 aliphatic carbocycles. The average molecular weight is 458 g/mol. The van der Waals surface area contributed by atoms with E-state index in [0.29, 0.717) is 49.1 Å². The third-order valence-electron chi connectivity index (χ3n) is 4.79. The van der Waals surface area contributed by atoms with Crippen LogP contribution in [-0.4, -0.2) is 72.3 Å². The molecule has 3 aromatic rings. The number of fused-ring (bicyclic) bond motifs is 1. The van der Waals surface area contributed by atoms with Crippen molar-refractivity contribution in [2.24, 2.45) is 5.10 Å². The van der Waals surface area contributed by atoms with E-state index in [4.69, 9.17) is 14.2 Å². The van der Waals surface area contributed by atoms with Crippen molar-refractivity contribution < 1.29 is 23.8 Å². The predicted octanol–water partition coefficient (Wildman–Crippen LogP) is 1.33. The Balaban J connectivity index is 1.29. The summed E-state index contributed by atoms with van der Waals surface area (Å²) in [6, 6.07) is 5.18. The van der Waals surface area contributed by atoms with E-state index in [1.54, 1.807) is 23.1 Å². The molecule has 0 spiro atoms. The highest BCUT2D eigenvalue weighted by molar-refractivity contribution is 7.15. The minimum absolute atomic E-state index is 0.0778. The highest BCUT2D eigenvalue weighted by Gasteiger charge is 2.18. The number of aromatic nitrogens is 2. The Morgan fingerprint density at radius 3 is 2.94 bits per heavy atom. The summed E-state index contributed by atoms with van der Waals surface area (Å²) in [5.41, 5.74) is 3.88. The summed E-state index contributed by atoms with van der Waals surface area (Å²) < 4.78 is 18.1. The number of ether oxygens (including phenoxy) is 3. The number of benzene rings is 1. The summed E-state index contributed by atoms with van der Waals surface area (Å²) in [7, 11) is 1.52. The molecule has 1 N–H and O–H groups in total. The topological polar surface area (TPSA) is 107 Å². The van der Waals surface area contributed by atoms with E-state index in [1.807, 2.05) is 22.2 Å². The third-order valence-corrected chi connectivity index (χ3v) is 5.56. The van der Waals surface area contributed by atoms with E-state index >= 15 is 0 Å². The van der Waals surface area contributed by atoms with Gasteiger partial charge in [0.2, 0.25) is 5.91 Å². The van der Waals surface area contributed by atoms with Crippen LogP contribution in [0.15, 0.2) is 41.1 Å². The van der Waals surface area contributed by atoms with E-state index in [-0.39, 0.29) is 24.8 Å². The maximum absolute atomic E-state index is 12.2. The van der Waals surface area contributed by atoms with E-state index in [2.05, 4.69) is 15.5 Å². The van der Waals surface area contributed by atoms with Crippen molar-refractivity contribution in [3.8, 4) is 11.5 Å². The zero-order valence-electron chi connectivity index (χ0n) is 17.5. The second-order valence-corrected chi connectivity index (χ2v) is 7.86. The summed E-state index contributed by atoms with van der Waals surface area (Å²) in [5.74, 6) is 0.560. The fourth-order valence-corrected chi connectivity index (χ4v) is 3.89. The molecular formula is C21H23N5O5S. The zero-order chi connectivity index (χ0) is 22.3. The van der Waals surface area contributed by atoms with E-state index < -0.39 is 0 Å². The van der Waals surface area contributed by atoms with Crippen molar-refractivity contribution in [2.75, 3.05) is 40.0 Å². The summed E-state index contributed by atoms with van der Waals surface area (Å²) in [6.07, 6.45) is 5.36. The number of morpholine rings is 1. The van der Waals surface area contributed by atoms with Gasteiger partial charge in [0, 0.05) is 30.9 Å². The van der Waals surface area contributed by atoms with Crippen molar-refractivity contribution in [3.63, 3.8) is 0 Å². The molecule has 4 rings (SSSR count). The molecule has 2 aromatic heterocycles. The van der Waals surface area contributed by atoms with Crippen LogP contribution in [-0.2, 0) is 20.7 Å². The van der Waals surface area contributed by atoms with Crippen molar-refractivity contribution in [3.05, 3.63) is 47.2 Å². The normalized spacial score (nSPS) is 14.1. The molecular weight excluding hydrogens is 434 g/mol. The number of amides is 2. The maximum atomic E-state index is 12.2. The number of thiazole rings is 1. The molecule has 1 aliphatic heterocycles. The molecule has 10 nitrogen and oxygen atoms in total. The Kier molecular flexibility index (Phi) is 6.97. The number of carbonyl (C=O) groups excluding carboxylic acids is 2. The molecule has 1 fully saturated rings. The maximum Gasteiger partial charge on any atom is 0.260 e. The molecule has 0 bridgehead atoms. The van der Waals surface area contributed by atoms with E-state index in [1.165, 1.54) is 24.7 Å². The highest BCUT2D eigenvalue weighted by Crippen LogP contribution is 2.27. The number of nitrogens with zero attached hydrogens (tertiary/aromatic N) is 4. The first kappa shape index (κ1) is 21.8. The van der Waals surface area contributed by atoms with Gasteiger partial charge in [-0.3, -0.25) is 14.0 Å². The van der Waals surface area contributed by atoms with Gasteiger partial charge in [0.25, 0.3) is 5.91 Å². The van der Waals surface area contributed by atoms with E-state index in [0.717, 1.165) is 4.96 Å². The van der Waals surface area contributed by atoms with Gasteiger partial charge < -0.3 is 19.1 Å². The highest BCUT2D eigenvalue weighted by atomic mass is 32.1. The molecule has 0 atom stereocenters. The number of nitrogens with one attached hydrogen (secondary N) is 1. The van der Waals surface area contributed by atoms with Gasteiger partial charge in [-0.2, -0.15) is 5.10 Å². The van der Waals surface area contributed by atoms with Gasteiger partial charge in [0.15, 0.2) is 23.1 Å². The predicted molar refractivity (Wildman–Crippen MR) is 118 cm³/mol. The summed E-state index contributed by atoms with van der Waals surface area (Å²) in [4.78, 5) is 31.3. The Morgan fingerprint density at radius 1 is 1.31 bits per heavy atom. The Morgan fingerprint density at radius 2 is 2.16 bits per heavy atom. The van der Waals surface area contributed by atoms with Crippen LogP contribution in [0.25, 0.3) is 4.96 Å². The van der Waals surface area contributed by atoms with Crippen molar-refractivity contribution in [2.45, 2.75) is 6.42 Å². The largest absolute Gasteiger partial charge is 0.493 e. The zero-order valence-corrected chi connectivity index (χ0v) is 18.3. The fraction of sp³-hybridized carbons (Fsp3) is 0.333. The molecule has 0 radical (unpaired) electrons. The van der Waals surface area contributed by atoms with Crippen LogP contribution in [0.1, 0.15) is 11.3 Å². The van der Waals surface area contributed by atoms with Crippen LogP contribution in [0.4, 0.5) is 0 Å². The van der Waals surface area contributed by atoms with Crippen LogP contribution >= 0.6 is 11.3 Å². The van der Waals surface area contributed by atoms with Gasteiger partial charge in [-0.05, 0) is 23.8 Å². The molecule has 3 heterocycles. The number of hydrogen-bond donors (Lipinski definition) is 1. The summed E-state index contributed by atoms with van der Waals surface area (Å²) in [6.45, 7) is 2.14. The van der Waals surface area contributed by atoms with Gasteiger partial charge in [-0.25, -0.2) is 10.4 Å². The van der Waals surface area contributed by atoms with Gasteiger partial charge in [0.1, 0.15) is 0 Å². The van der Waals surface area contributed by atoms with Gasteiger partial charge in [0.05, 0.1) is 38.7 Å². The number of methoxy groups -OCH3 is 1. The van der Waals surface area contributed by atoms with Gasteiger partial charge in [-0.1, -0.05) is 0 Å². The third kappa shape index (κ3) is 5.42. The molecule has 1 saturated heterocycles. The van der Waals surface area contributed by atoms with Crippen LogP contribution in [0.3, 0.4) is 0 Å². The van der Waals surface area contributed by atoms with Crippen LogP contribution < -0.4 is 14.9 Å². The first-order chi connectivity index (χ1) is 15.6. The fourth-order valence-electron chi connectivity index (χ4n) is 3.17. The monoisotopic (exact) mass is 457 g/mol. The Bertz CT molecular complexity index is 1090. The smallest absolute Gasteiger partial charge is 0.260 e. The second-order valence-electron chi connectivity index (χ2n) is 6.99. The van der Waals surface area contributed by atoms with E-state index in [9.17, 15) is 9.59 Å². The lowest BCUT2D eigenvalue weighted by Crippen LogP contribution is -2.43. The molecule has 2 amide bonds. The lowest BCUT2D eigenvalue weighted by Gasteiger charge is -2.26. The molecule has 1 aromatic carbocycles. The first-order valence-corrected chi connectivity index (χ1v) is 10.9. The summed E-state index contributed by atoms with van der Waals surface area (Å²) >= 11 is 1.51.